The SMILES string of the molecule is CCCN1CCC(CC(=O)N2CCCCC2c2ccccn2)CC1. The first-order valence-electron chi connectivity index (χ1n) is 9.70. The zero-order chi connectivity index (χ0) is 16.8. The van der Waals surface area contributed by atoms with Crippen molar-refractivity contribution in [2.24, 2.45) is 5.92 Å². The Morgan fingerprint density at radius 2 is 2.00 bits per heavy atom. The fourth-order valence-corrected chi connectivity index (χ4v) is 4.21. The van der Waals surface area contributed by atoms with Crippen LogP contribution in [-0.4, -0.2) is 46.9 Å². The van der Waals surface area contributed by atoms with E-state index in [1.54, 1.807) is 0 Å². The van der Waals surface area contributed by atoms with Crippen molar-refractivity contribution in [3.63, 3.8) is 0 Å². The van der Waals surface area contributed by atoms with Gasteiger partial charge in [-0.25, -0.2) is 0 Å². The Kier molecular flexibility index (Phi) is 6.24. The largest absolute Gasteiger partial charge is 0.334 e. The summed E-state index contributed by atoms with van der Waals surface area (Å²) in [6.07, 6.45) is 9.52. The van der Waals surface area contributed by atoms with Gasteiger partial charge in [0.1, 0.15) is 0 Å². The van der Waals surface area contributed by atoms with Crippen molar-refractivity contribution < 1.29 is 4.79 Å². The van der Waals surface area contributed by atoms with E-state index in [9.17, 15) is 4.79 Å². The van der Waals surface area contributed by atoms with E-state index in [2.05, 4.69) is 27.8 Å². The Bertz CT molecular complexity index is 511. The summed E-state index contributed by atoms with van der Waals surface area (Å²) in [7, 11) is 0. The summed E-state index contributed by atoms with van der Waals surface area (Å²) in [5.41, 5.74) is 1.06. The number of piperidine rings is 2. The molecule has 24 heavy (non-hydrogen) atoms. The molecule has 4 heteroatoms. The number of amides is 1. The first-order valence-corrected chi connectivity index (χ1v) is 9.70. The summed E-state index contributed by atoms with van der Waals surface area (Å²) in [5.74, 6) is 0.913. The third-order valence-electron chi connectivity index (χ3n) is 5.56. The highest BCUT2D eigenvalue weighted by atomic mass is 16.2. The van der Waals surface area contributed by atoms with E-state index in [1.165, 1.54) is 32.2 Å². The fraction of sp³-hybridized carbons (Fsp3) is 0.700. The maximum absolute atomic E-state index is 12.9. The standard InChI is InChI=1S/C20H31N3O/c1-2-12-22-14-9-17(10-15-22)16-20(24)23-13-6-4-8-19(23)18-7-3-5-11-21-18/h3,5,7,11,17,19H,2,4,6,8-10,12-16H2,1H3. The molecule has 1 unspecified atom stereocenters. The Morgan fingerprint density at radius 1 is 1.17 bits per heavy atom. The van der Waals surface area contributed by atoms with Crippen molar-refractivity contribution in [1.29, 1.82) is 0 Å². The summed E-state index contributed by atoms with van der Waals surface area (Å²) in [6.45, 7) is 6.66. The minimum atomic E-state index is 0.188. The van der Waals surface area contributed by atoms with Crippen molar-refractivity contribution in [1.82, 2.24) is 14.8 Å². The second kappa shape index (κ2) is 8.61. The molecule has 0 bridgehead atoms. The lowest BCUT2D eigenvalue weighted by atomic mass is 9.91. The highest BCUT2D eigenvalue weighted by Gasteiger charge is 2.30. The van der Waals surface area contributed by atoms with Crippen molar-refractivity contribution in [3.8, 4) is 0 Å². The Hall–Kier alpha value is -1.42. The molecule has 0 aliphatic carbocycles. The van der Waals surface area contributed by atoms with E-state index < -0.39 is 0 Å². The topological polar surface area (TPSA) is 36.4 Å². The summed E-state index contributed by atoms with van der Waals surface area (Å²) in [4.78, 5) is 22.1. The van der Waals surface area contributed by atoms with Gasteiger partial charge in [0.15, 0.2) is 0 Å². The monoisotopic (exact) mass is 329 g/mol. The van der Waals surface area contributed by atoms with Crippen LogP contribution in [0.15, 0.2) is 24.4 Å². The molecule has 3 heterocycles. The van der Waals surface area contributed by atoms with Crippen LogP contribution < -0.4 is 0 Å². The lowest BCUT2D eigenvalue weighted by Gasteiger charge is -2.37. The normalized spacial score (nSPS) is 23.4. The Morgan fingerprint density at radius 3 is 2.71 bits per heavy atom. The van der Waals surface area contributed by atoms with Crippen LogP contribution in [0, 0.1) is 5.92 Å². The molecule has 0 N–H and O–H groups in total. The van der Waals surface area contributed by atoms with Gasteiger partial charge >= 0.3 is 0 Å². The van der Waals surface area contributed by atoms with Gasteiger partial charge < -0.3 is 9.80 Å². The van der Waals surface area contributed by atoms with Crippen LogP contribution in [0.25, 0.3) is 0 Å². The second-order valence-corrected chi connectivity index (χ2v) is 7.34. The van der Waals surface area contributed by atoms with Gasteiger partial charge in [-0.05, 0) is 76.2 Å². The molecule has 0 aromatic carbocycles. The number of hydrogen-bond donors (Lipinski definition) is 0. The second-order valence-electron chi connectivity index (χ2n) is 7.34. The van der Waals surface area contributed by atoms with Crippen LogP contribution in [0.5, 0.6) is 0 Å². The Balaban J connectivity index is 1.57. The van der Waals surface area contributed by atoms with Crippen LogP contribution in [0.3, 0.4) is 0 Å². The molecule has 2 aliphatic heterocycles. The van der Waals surface area contributed by atoms with Crippen LogP contribution in [0.4, 0.5) is 0 Å². The number of likely N-dealkylation sites (tertiary alicyclic amines) is 2. The number of carbonyl (C=O) groups excluding carboxylic acids is 1. The number of nitrogens with zero attached hydrogens (tertiary/aromatic N) is 3. The first-order chi connectivity index (χ1) is 11.8. The van der Waals surface area contributed by atoms with Crippen molar-refractivity contribution in [3.05, 3.63) is 30.1 Å². The lowest BCUT2D eigenvalue weighted by molar-refractivity contribution is -0.136. The third kappa shape index (κ3) is 4.35. The highest BCUT2D eigenvalue weighted by molar-refractivity contribution is 5.77. The van der Waals surface area contributed by atoms with Gasteiger partial charge in [0, 0.05) is 19.2 Å². The van der Waals surface area contributed by atoms with E-state index in [4.69, 9.17) is 0 Å². The summed E-state index contributed by atoms with van der Waals surface area (Å²) in [5, 5.41) is 0. The van der Waals surface area contributed by atoms with Gasteiger partial charge in [-0.2, -0.15) is 0 Å². The smallest absolute Gasteiger partial charge is 0.223 e. The predicted molar refractivity (Wildman–Crippen MR) is 96.6 cm³/mol. The number of rotatable bonds is 5. The zero-order valence-corrected chi connectivity index (χ0v) is 15.0. The molecule has 4 nitrogen and oxygen atoms in total. The molecule has 1 amide bonds. The number of hydrogen-bond acceptors (Lipinski definition) is 3. The minimum Gasteiger partial charge on any atom is -0.334 e. The fourth-order valence-electron chi connectivity index (χ4n) is 4.21. The molecule has 1 aromatic heterocycles. The molecule has 3 rings (SSSR count). The summed E-state index contributed by atoms with van der Waals surface area (Å²) < 4.78 is 0. The maximum atomic E-state index is 12.9. The molecular weight excluding hydrogens is 298 g/mol. The van der Waals surface area contributed by atoms with Gasteiger partial charge in [0.05, 0.1) is 11.7 Å². The third-order valence-corrected chi connectivity index (χ3v) is 5.56. The quantitative estimate of drug-likeness (QED) is 0.827. The summed E-state index contributed by atoms with van der Waals surface area (Å²) in [6, 6.07) is 6.23. The van der Waals surface area contributed by atoms with Crippen molar-refractivity contribution in [2.45, 2.75) is 57.9 Å². The predicted octanol–water partition coefficient (Wildman–Crippen LogP) is 3.65. The first kappa shape index (κ1) is 17.4. The number of carbonyl (C=O) groups is 1. The summed E-state index contributed by atoms with van der Waals surface area (Å²) >= 11 is 0. The molecule has 2 saturated heterocycles. The molecule has 0 radical (unpaired) electrons. The van der Waals surface area contributed by atoms with Crippen LogP contribution in [0.1, 0.15) is 63.6 Å². The van der Waals surface area contributed by atoms with Crippen molar-refractivity contribution in [2.75, 3.05) is 26.2 Å². The van der Waals surface area contributed by atoms with E-state index in [1.807, 2.05) is 18.3 Å². The van der Waals surface area contributed by atoms with Crippen LogP contribution in [0.2, 0.25) is 0 Å². The Labute approximate surface area is 146 Å². The molecule has 0 saturated carbocycles. The molecule has 1 aromatic rings. The lowest BCUT2D eigenvalue weighted by Crippen LogP contribution is -2.41. The average molecular weight is 329 g/mol. The molecule has 2 fully saturated rings. The number of aromatic nitrogens is 1. The molecule has 2 aliphatic rings. The molecule has 1 atom stereocenters. The maximum Gasteiger partial charge on any atom is 0.223 e. The average Bonchev–Trinajstić information content (AvgIpc) is 2.64. The van der Waals surface area contributed by atoms with Gasteiger partial charge in [-0.15, -0.1) is 0 Å². The van der Waals surface area contributed by atoms with Crippen LogP contribution in [-0.2, 0) is 4.79 Å². The van der Waals surface area contributed by atoms with E-state index in [0.29, 0.717) is 11.8 Å². The molecule has 132 valence electrons. The van der Waals surface area contributed by atoms with E-state index in [-0.39, 0.29) is 6.04 Å². The van der Waals surface area contributed by atoms with Gasteiger partial charge in [-0.3, -0.25) is 9.78 Å². The van der Waals surface area contributed by atoms with E-state index in [0.717, 1.165) is 44.6 Å². The van der Waals surface area contributed by atoms with Crippen molar-refractivity contribution >= 4 is 5.91 Å². The van der Waals surface area contributed by atoms with Crippen LogP contribution >= 0.6 is 0 Å². The van der Waals surface area contributed by atoms with Gasteiger partial charge in [0.25, 0.3) is 0 Å². The van der Waals surface area contributed by atoms with Gasteiger partial charge in [0.2, 0.25) is 5.91 Å². The highest BCUT2D eigenvalue weighted by Crippen LogP contribution is 2.31. The number of pyridine rings is 1. The van der Waals surface area contributed by atoms with Gasteiger partial charge in [-0.1, -0.05) is 13.0 Å². The molecule has 0 spiro atoms. The molecular formula is C20H31N3O. The zero-order valence-electron chi connectivity index (χ0n) is 15.0. The van der Waals surface area contributed by atoms with E-state index >= 15 is 0 Å². The minimum absolute atomic E-state index is 0.188.